The number of nitrogens with zero attached hydrogens (tertiary/aromatic N) is 1. The van der Waals surface area contributed by atoms with Crippen molar-refractivity contribution in [1.29, 1.82) is 0 Å². The molecule has 1 aromatic heterocycles. The topological polar surface area (TPSA) is 42.0 Å². The molecule has 0 unspecified atom stereocenters. The van der Waals surface area contributed by atoms with Gasteiger partial charge in [-0.25, -0.2) is 9.37 Å². The largest absolute Gasteiger partial charge is 0.325 e. The number of halogens is 2. The summed E-state index contributed by atoms with van der Waals surface area (Å²) >= 11 is 8.89. The van der Waals surface area contributed by atoms with Gasteiger partial charge in [0.1, 0.15) is 10.2 Å². The van der Waals surface area contributed by atoms with Crippen LogP contribution >= 0.6 is 34.7 Å². The van der Waals surface area contributed by atoms with E-state index < -0.39 is 0 Å². The maximum Gasteiger partial charge on any atom is 0.230 e. The summed E-state index contributed by atoms with van der Waals surface area (Å²) in [5.41, 5.74) is 2.99. The summed E-state index contributed by atoms with van der Waals surface area (Å²) in [4.78, 5) is 16.7. The highest BCUT2D eigenvalue weighted by Crippen LogP contribution is 2.27. The van der Waals surface area contributed by atoms with Gasteiger partial charge in [-0.3, -0.25) is 4.79 Å². The number of aryl methyl sites for hydroxylation is 1. The number of aromatic nitrogens is 1. The van der Waals surface area contributed by atoms with Gasteiger partial charge in [-0.2, -0.15) is 0 Å². The van der Waals surface area contributed by atoms with Crippen LogP contribution in [-0.2, 0) is 17.0 Å². The minimum atomic E-state index is -0.215. The molecule has 0 radical (unpaired) electrons. The van der Waals surface area contributed by atoms with Crippen LogP contribution in [0.3, 0.4) is 0 Å². The number of anilines is 1. The zero-order valence-electron chi connectivity index (χ0n) is 14.0. The smallest absolute Gasteiger partial charge is 0.230 e. The van der Waals surface area contributed by atoms with Crippen LogP contribution in [0.25, 0.3) is 0 Å². The lowest BCUT2D eigenvalue weighted by molar-refractivity contribution is -0.115. The van der Waals surface area contributed by atoms with Crippen molar-refractivity contribution in [1.82, 2.24) is 4.98 Å². The molecule has 0 saturated heterocycles. The Kier molecular flexibility index (Phi) is 6.29. The van der Waals surface area contributed by atoms with Crippen molar-refractivity contribution in [2.75, 3.05) is 5.32 Å². The first-order chi connectivity index (χ1) is 12.5. The Labute approximate surface area is 164 Å². The quantitative estimate of drug-likeness (QED) is 0.532. The second-order valence-electron chi connectivity index (χ2n) is 5.67. The van der Waals surface area contributed by atoms with E-state index in [1.807, 2.05) is 24.4 Å². The van der Waals surface area contributed by atoms with Gasteiger partial charge in [0.05, 0.1) is 12.1 Å². The minimum absolute atomic E-state index is 0.147. The van der Waals surface area contributed by atoms with Crippen molar-refractivity contribution < 1.29 is 9.18 Å². The third kappa shape index (κ3) is 5.06. The van der Waals surface area contributed by atoms with Crippen molar-refractivity contribution in [2.24, 2.45) is 0 Å². The molecular weight excluding hydrogens is 391 g/mol. The van der Waals surface area contributed by atoms with Crippen LogP contribution in [0.5, 0.6) is 0 Å². The Morgan fingerprint density at radius 2 is 2.12 bits per heavy atom. The number of rotatable bonds is 6. The highest BCUT2D eigenvalue weighted by atomic mass is 35.5. The number of thiazole rings is 1. The third-order valence-corrected chi connectivity index (χ3v) is 6.01. The fourth-order valence-corrected chi connectivity index (χ4v) is 4.28. The maximum atomic E-state index is 13.6. The second-order valence-corrected chi connectivity index (χ2v) is 8.19. The van der Waals surface area contributed by atoms with Gasteiger partial charge in [-0.1, -0.05) is 47.6 Å². The van der Waals surface area contributed by atoms with E-state index in [0.717, 1.165) is 9.90 Å². The van der Waals surface area contributed by atoms with Gasteiger partial charge in [0.2, 0.25) is 5.91 Å². The van der Waals surface area contributed by atoms with Gasteiger partial charge in [0, 0.05) is 21.8 Å². The lowest BCUT2D eigenvalue weighted by Gasteiger charge is -2.08. The van der Waals surface area contributed by atoms with Gasteiger partial charge >= 0.3 is 0 Å². The highest BCUT2D eigenvalue weighted by molar-refractivity contribution is 8.00. The molecule has 0 aliphatic heterocycles. The monoisotopic (exact) mass is 406 g/mol. The molecule has 0 fully saturated rings. The summed E-state index contributed by atoms with van der Waals surface area (Å²) in [7, 11) is 0. The molecule has 134 valence electrons. The highest BCUT2D eigenvalue weighted by Gasteiger charge is 2.11. The lowest BCUT2D eigenvalue weighted by Crippen LogP contribution is -2.15. The molecule has 0 saturated carbocycles. The molecule has 7 heteroatoms. The van der Waals surface area contributed by atoms with E-state index >= 15 is 0 Å². The molecule has 3 rings (SSSR count). The summed E-state index contributed by atoms with van der Waals surface area (Å²) in [6.45, 7) is 1.91. The Morgan fingerprint density at radius 1 is 1.31 bits per heavy atom. The first-order valence-corrected chi connectivity index (χ1v) is 10.1. The van der Waals surface area contributed by atoms with Crippen LogP contribution in [0.15, 0.2) is 52.2 Å². The van der Waals surface area contributed by atoms with Crippen molar-refractivity contribution in [2.45, 2.75) is 23.4 Å². The predicted octanol–water partition coefficient (Wildman–Crippen LogP) is 5.72. The fourth-order valence-electron chi connectivity index (χ4n) is 2.28. The molecule has 1 N–H and O–H groups in total. The Hall–Kier alpha value is -1.89. The molecular formula is C19H16ClFN2OS2. The predicted molar refractivity (Wildman–Crippen MR) is 107 cm³/mol. The molecule has 3 nitrogen and oxygen atoms in total. The first-order valence-electron chi connectivity index (χ1n) is 7.88. The molecule has 26 heavy (non-hydrogen) atoms. The number of hydrogen-bond donors (Lipinski definition) is 1. The van der Waals surface area contributed by atoms with E-state index in [4.69, 9.17) is 11.6 Å². The summed E-state index contributed by atoms with van der Waals surface area (Å²) < 4.78 is 14.5. The van der Waals surface area contributed by atoms with Gasteiger partial charge in [-0.05, 0) is 36.2 Å². The minimum Gasteiger partial charge on any atom is -0.325 e. The van der Waals surface area contributed by atoms with E-state index in [2.05, 4.69) is 10.3 Å². The molecule has 0 aliphatic rings. The summed E-state index contributed by atoms with van der Waals surface area (Å²) in [6.07, 6.45) is 0.183. The van der Waals surface area contributed by atoms with Crippen molar-refractivity contribution in [3.63, 3.8) is 0 Å². The first kappa shape index (κ1) is 18.9. The van der Waals surface area contributed by atoms with Crippen LogP contribution in [0.4, 0.5) is 10.1 Å². The number of thioether (sulfide) groups is 1. The van der Waals surface area contributed by atoms with Crippen molar-refractivity contribution in [3.05, 3.63) is 75.5 Å². The third-order valence-electron chi connectivity index (χ3n) is 3.66. The zero-order chi connectivity index (χ0) is 18.5. The van der Waals surface area contributed by atoms with Crippen LogP contribution in [-0.4, -0.2) is 10.9 Å². The number of benzene rings is 2. The fraction of sp³-hybridized carbons (Fsp3) is 0.158. The average molecular weight is 407 g/mol. The zero-order valence-corrected chi connectivity index (χ0v) is 16.3. The number of hydrogen-bond acceptors (Lipinski definition) is 4. The number of carbonyl (C=O) groups excluding carboxylic acids is 1. The molecule has 0 bridgehead atoms. The normalized spacial score (nSPS) is 10.7. The summed E-state index contributed by atoms with van der Waals surface area (Å²) in [5, 5.41) is 5.29. The van der Waals surface area contributed by atoms with Gasteiger partial charge in [0.25, 0.3) is 0 Å². The number of amides is 1. The van der Waals surface area contributed by atoms with Crippen LogP contribution in [0.2, 0.25) is 5.02 Å². The average Bonchev–Trinajstić information content (AvgIpc) is 3.04. The Balaban J connectivity index is 1.57. The molecule has 2 aromatic carbocycles. The van der Waals surface area contributed by atoms with E-state index in [1.165, 1.54) is 29.2 Å². The van der Waals surface area contributed by atoms with Crippen molar-refractivity contribution in [3.8, 4) is 0 Å². The van der Waals surface area contributed by atoms with E-state index in [0.29, 0.717) is 27.7 Å². The van der Waals surface area contributed by atoms with E-state index in [9.17, 15) is 9.18 Å². The van der Waals surface area contributed by atoms with Crippen LogP contribution in [0, 0.1) is 12.7 Å². The molecule has 3 aromatic rings. The van der Waals surface area contributed by atoms with Crippen molar-refractivity contribution >= 4 is 46.3 Å². The van der Waals surface area contributed by atoms with Gasteiger partial charge in [-0.15, -0.1) is 11.3 Å². The molecule has 0 spiro atoms. The lowest BCUT2D eigenvalue weighted by atomic mass is 10.2. The van der Waals surface area contributed by atoms with Crippen LogP contribution < -0.4 is 5.32 Å². The summed E-state index contributed by atoms with van der Waals surface area (Å²) in [6, 6.07) is 12.1. The SMILES string of the molecule is Cc1ccc(Cl)cc1NC(=O)Cc1csc(SCc2ccccc2F)n1. The van der Waals surface area contributed by atoms with E-state index in [-0.39, 0.29) is 18.1 Å². The maximum absolute atomic E-state index is 13.6. The molecule has 1 heterocycles. The molecule has 1 amide bonds. The second kappa shape index (κ2) is 8.66. The summed E-state index contributed by atoms with van der Waals surface area (Å²) in [5.74, 6) is 0.146. The van der Waals surface area contributed by atoms with Crippen LogP contribution in [0.1, 0.15) is 16.8 Å². The van der Waals surface area contributed by atoms with Gasteiger partial charge in [0.15, 0.2) is 0 Å². The Bertz CT molecular complexity index is 929. The molecule has 0 atom stereocenters. The number of carbonyl (C=O) groups is 1. The molecule has 0 aliphatic carbocycles. The van der Waals surface area contributed by atoms with E-state index in [1.54, 1.807) is 24.3 Å². The van der Waals surface area contributed by atoms with Gasteiger partial charge < -0.3 is 5.32 Å². The number of nitrogens with one attached hydrogen (secondary N) is 1. The Morgan fingerprint density at radius 3 is 2.92 bits per heavy atom. The standard InChI is InChI=1S/C19H16ClFN2OS2/c1-12-6-7-14(20)8-17(12)23-18(24)9-15-11-26-19(22-15)25-10-13-4-2-3-5-16(13)21/h2-8,11H,9-10H2,1H3,(H,23,24).